The summed E-state index contributed by atoms with van der Waals surface area (Å²) in [6.07, 6.45) is 4.23. The minimum atomic E-state index is -5.17. The van der Waals surface area contributed by atoms with E-state index >= 15 is 0 Å². The molecule has 0 N–H and O–H groups in total. The maximum atomic E-state index is 8.52. The van der Waals surface area contributed by atoms with Gasteiger partial charge in [0.1, 0.15) is 0 Å². The van der Waals surface area contributed by atoms with Crippen LogP contribution in [0.4, 0.5) is 0 Å². The van der Waals surface area contributed by atoms with Gasteiger partial charge in [0.15, 0.2) is 0 Å². The fraction of sp³-hybridized carbons (Fsp3) is 1.00. The smallest absolute Gasteiger partial charge is 0.0311 e. The Hall–Kier alpha value is 2.15. The summed E-state index contributed by atoms with van der Waals surface area (Å²) < 4.78 is 170. The van der Waals surface area contributed by atoms with Gasteiger partial charge in [0, 0.05) is 52.0 Å². The van der Waals surface area contributed by atoms with Gasteiger partial charge in [-0.05, 0) is 0 Å². The van der Waals surface area contributed by atoms with Crippen molar-refractivity contribution in [3.8, 4) is 0 Å². The molecular weight excluding hydrogens is 1040 g/mol. The zero-order valence-electron chi connectivity index (χ0n) is 14.0. The molecule has 0 aromatic carbocycles. The third kappa shape index (κ3) is 6300. The Balaban J connectivity index is -0.0000000438. The van der Waals surface area contributed by atoms with Gasteiger partial charge >= 0.3 is 83.3 Å². The Bertz CT molecular complexity index is 662. The van der Waals surface area contributed by atoms with Crippen LogP contribution in [-0.4, -0.2) is 100 Å². The summed E-state index contributed by atoms with van der Waals surface area (Å²) in [6, 6.07) is 0. The van der Waals surface area contributed by atoms with Crippen LogP contribution in [0.25, 0.3) is 0 Å². The molecule has 0 aliphatic rings. The van der Waals surface area contributed by atoms with Crippen molar-refractivity contribution in [1.29, 1.82) is 0 Å². The fourth-order valence-corrected chi connectivity index (χ4v) is 0. The van der Waals surface area contributed by atoms with E-state index in [0.717, 1.165) is 55.6 Å². The minimum Gasteiger partial charge on any atom is -0.759 e. The van der Waals surface area contributed by atoms with Crippen LogP contribution >= 0.6 is 15.2 Å². The third-order valence-corrected chi connectivity index (χ3v) is 0. The van der Waals surface area contributed by atoms with Gasteiger partial charge < -0.3 is 45.5 Å². The van der Waals surface area contributed by atoms with Crippen molar-refractivity contribution < 1.29 is 143 Å². The van der Waals surface area contributed by atoms with Crippen LogP contribution in [0.1, 0.15) is 0 Å². The van der Waals surface area contributed by atoms with E-state index in [1.807, 2.05) is 15.2 Å². The first-order valence-electron chi connectivity index (χ1n) is 4.56. The molecule has 0 fully saturated rings. The fourth-order valence-electron chi connectivity index (χ4n) is 0. The zero-order chi connectivity index (χ0) is 27.9. The van der Waals surface area contributed by atoms with Crippen molar-refractivity contribution in [3.05, 3.63) is 0 Å². The van der Waals surface area contributed by atoms with Crippen LogP contribution in [0.5, 0.6) is 0 Å². The Morgan fingerprint density at radius 1 is 0.387 bits per heavy atom. The Morgan fingerprint density at radius 2 is 0.387 bits per heavy atom. The summed E-state index contributed by atoms with van der Waals surface area (Å²) >= 11 is 2.25. The van der Waals surface area contributed by atoms with Crippen molar-refractivity contribution in [2.75, 3.05) is 12.5 Å². The number of hydrogen-bond acceptors (Lipinski definition) is 22. The van der Waals surface area contributed by atoms with Gasteiger partial charge in [0.2, 0.25) is 0 Å². The van der Waals surface area contributed by atoms with E-state index in [1.165, 1.54) is 0 Å². The Labute approximate surface area is 220 Å². The van der Waals surface area contributed by atoms with E-state index in [-0.39, 0.29) is 0 Å². The molecule has 0 saturated carbocycles. The SMILES string of the molecule is C[S][U+5].C[S][U+5].O=S(=O)([O-])[O-].O=S(=O)([O-])[O-].O=S(=O)([O-])[O-].O=S(=O)([O-])[O-].O=S(=O)([O-])[O-]. The first-order valence-corrected chi connectivity index (χ1v) is 23.9. The third-order valence-electron chi connectivity index (χ3n) is 0. The van der Waals surface area contributed by atoms with Crippen molar-refractivity contribution >= 4 is 67.2 Å². The second-order valence-corrected chi connectivity index (χ2v) is 17.5. The molecule has 29 heteroatoms. The van der Waals surface area contributed by atoms with E-state index < -0.39 is 52.0 Å². The molecule has 20 nitrogen and oxygen atoms in total. The van der Waals surface area contributed by atoms with Gasteiger partial charge in [-0.2, -0.15) is 0 Å². The van der Waals surface area contributed by atoms with Crippen LogP contribution in [0, 0.1) is 55.6 Å². The zero-order valence-corrected chi connectivity index (χ0v) is 28.1. The molecule has 0 rings (SSSR count). The molecule has 0 unspecified atom stereocenters. The minimum absolute atomic E-state index is 1.12. The van der Waals surface area contributed by atoms with Crippen molar-refractivity contribution in [3.63, 3.8) is 0 Å². The van der Waals surface area contributed by atoms with Crippen LogP contribution in [0.2, 0.25) is 0 Å². The van der Waals surface area contributed by atoms with E-state index in [2.05, 4.69) is 12.5 Å². The predicted octanol–water partition coefficient (Wildman–Crippen LogP) is -5.06. The van der Waals surface area contributed by atoms with Crippen LogP contribution < -0.4 is 0 Å². The topological polar surface area (TPSA) is 401 Å². The Morgan fingerprint density at radius 3 is 0.387 bits per heavy atom. The molecule has 0 saturated heterocycles. The molecule has 0 aromatic rings. The van der Waals surface area contributed by atoms with Gasteiger partial charge in [-0.3, -0.25) is 42.1 Å². The summed E-state index contributed by atoms with van der Waals surface area (Å²) in [6.45, 7) is 0. The van der Waals surface area contributed by atoms with Crippen molar-refractivity contribution in [2.24, 2.45) is 0 Å². The van der Waals surface area contributed by atoms with Gasteiger partial charge in [-0.25, -0.2) is 0 Å². The van der Waals surface area contributed by atoms with Gasteiger partial charge in [0.25, 0.3) is 0 Å². The summed E-state index contributed by atoms with van der Waals surface area (Å²) in [7, 11) is -22.0. The van der Waals surface area contributed by atoms with Gasteiger partial charge in [-0.15, -0.1) is 0 Å². The molecular formula is C2H6O20S7U2. The summed E-state index contributed by atoms with van der Waals surface area (Å²) in [5.41, 5.74) is 0. The molecule has 0 aliphatic carbocycles. The van der Waals surface area contributed by atoms with E-state index in [1.54, 1.807) is 0 Å². The summed E-state index contributed by atoms with van der Waals surface area (Å²) in [5.74, 6) is 0. The van der Waals surface area contributed by atoms with Gasteiger partial charge in [-0.1, -0.05) is 0 Å². The average molecular weight is 1050 g/mol. The Kier molecular flexibility index (Phi) is 43.2. The van der Waals surface area contributed by atoms with E-state index in [9.17, 15) is 0 Å². The molecule has 0 aromatic heterocycles. The molecule has 0 heterocycles. The van der Waals surface area contributed by atoms with Gasteiger partial charge in [0.05, 0.1) is 0 Å². The second-order valence-electron chi connectivity index (χ2n) is 2.45. The van der Waals surface area contributed by atoms with Crippen molar-refractivity contribution in [2.45, 2.75) is 0 Å². The standard InChI is InChI=1S/2CH4S.5H2O4S.2U/c2*1-2;5*1-5(2,3)4;;/h2*2H,1H3;5*(H2,1,2,3,4);;/q;;;;;;;2*+6/p-12. The maximum absolute atomic E-state index is 8.52. The van der Waals surface area contributed by atoms with E-state index in [4.69, 9.17) is 87.6 Å². The molecule has 0 spiro atoms. The van der Waals surface area contributed by atoms with Crippen LogP contribution in [0.3, 0.4) is 0 Å². The number of rotatable bonds is 0. The first-order chi connectivity index (χ1) is 12.8. The maximum Gasteiger partial charge on any atom is 0.0311 e. The predicted molar refractivity (Wildman–Crippen MR) is 79.4 cm³/mol. The van der Waals surface area contributed by atoms with Crippen LogP contribution in [-0.2, 0) is 52.0 Å². The van der Waals surface area contributed by atoms with Crippen molar-refractivity contribution in [1.82, 2.24) is 0 Å². The average Bonchev–Trinajstić information content (AvgIpc) is 2.16. The quantitative estimate of drug-likeness (QED) is 0.162. The molecule has 31 heavy (non-hydrogen) atoms. The van der Waals surface area contributed by atoms with Crippen LogP contribution in [0.15, 0.2) is 0 Å². The molecule has 0 bridgehead atoms. The monoisotopic (exact) mass is 1050 g/mol. The molecule has 184 valence electrons. The molecule has 0 atom stereocenters. The largest absolute Gasteiger partial charge is 0.759 e. The molecule has 0 amide bonds. The summed E-state index contributed by atoms with van der Waals surface area (Å²) in [4.78, 5) is 0. The second kappa shape index (κ2) is 26.8. The molecule has 0 radical (unpaired) electrons. The van der Waals surface area contributed by atoms with E-state index in [0.29, 0.717) is 0 Å². The normalized spacial score (nSPS) is 10.6. The molecule has 0 aliphatic heterocycles. The summed E-state index contributed by atoms with van der Waals surface area (Å²) in [5, 5.41) is 0. The number of hydrogen-bond donors (Lipinski definition) is 0. The first kappa shape index (κ1) is 50.1.